The maximum Gasteiger partial charge on any atom is 0.240 e. The van der Waals surface area contributed by atoms with Crippen molar-refractivity contribution in [2.75, 3.05) is 7.05 Å². The number of hydrogen-bond donors (Lipinski definition) is 3. The van der Waals surface area contributed by atoms with E-state index in [1.54, 1.807) is 12.1 Å². The first-order valence-corrected chi connectivity index (χ1v) is 8.03. The third-order valence-electron chi connectivity index (χ3n) is 3.05. The summed E-state index contributed by atoms with van der Waals surface area (Å²) in [6.07, 6.45) is 0.855. The molecule has 2 aromatic rings. The summed E-state index contributed by atoms with van der Waals surface area (Å²) in [7, 11) is -1.77. The van der Waals surface area contributed by atoms with Gasteiger partial charge in [-0.3, -0.25) is 0 Å². The molecule has 0 atom stereocenters. The zero-order chi connectivity index (χ0) is 15.3. The molecule has 0 aliphatic carbocycles. The summed E-state index contributed by atoms with van der Waals surface area (Å²) in [5.74, 6) is 0.291. The molecule has 8 nitrogen and oxygen atoms in total. The molecule has 9 heteroatoms. The van der Waals surface area contributed by atoms with Crippen LogP contribution in [0.3, 0.4) is 0 Å². The van der Waals surface area contributed by atoms with Gasteiger partial charge >= 0.3 is 0 Å². The van der Waals surface area contributed by atoms with Crippen LogP contribution in [0, 0.1) is 0 Å². The monoisotopic (exact) mass is 310 g/mol. The van der Waals surface area contributed by atoms with Crippen LogP contribution in [0.1, 0.15) is 23.9 Å². The zero-order valence-electron chi connectivity index (χ0n) is 11.9. The van der Waals surface area contributed by atoms with E-state index in [4.69, 9.17) is 0 Å². The first kappa shape index (κ1) is 15.5. The Kier molecular flexibility index (Phi) is 4.99. The quantitative estimate of drug-likeness (QED) is 0.661. The molecular weight excluding hydrogens is 292 g/mol. The lowest BCUT2D eigenvalue weighted by Gasteiger charge is -2.11. The minimum atomic E-state index is -3.60. The summed E-state index contributed by atoms with van der Waals surface area (Å²) in [5, 5.41) is 16.1. The van der Waals surface area contributed by atoms with Crippen LogP contribution in [0.2, 0.25) is 0 Å². The van der Waals surface area contributed by atoms with Gasteiger partial charge in [0.1, 0.15) is 0 Å². The van der Waals surface area contributed by atoms with E-state index in [-0.39, 0.29) is 11.4 Å². The van der Waals surface area contributed by atoms with Crippen molar-refractivity contribution in [1.82, 2.24) is 30.7 Å². The van der Waals surface area contributed by atoms with E-state index < -0.39 is 10.0 Å². The van der Waals surface area contributed by atoms with Crippen molar-refractivity contribution in [3.8, 4) is 0 Å². The van der Waals surface area contributed by atoms with Crippen molar-refractivity contribution in [1.29, 1.82) is 0 Å². The molecule has 0 fully saturated rings. The highest BCUT2D eigenvalue weighted by Crippen LogP contribution is 2.17. The van der Waals surface area contributed by atoms with Crippen LogP contribution in [0.5, 0.6) is 0 Å². The minimum Gasteiger partial charge on any atom is -0.316 e. The lowest BCUT2D eigenvalue weighted by atomic mass is 10.1. The van der Waals surface area contributed by atoms with Crippen LogP contribution in [0.15, 0.2) is 23.1 Å². The number of aryl methyl sites for hydroxylation is 1. The smallest absolute Gasteiger partial charge is 0.240 e. The molecule has 0 saturated carbocycles. The Bertz CT molecular complexity index is 684. The van der Waals surface area contributed by atoms with E-state index in [2.05, 4.69) is 30.7 Å². The molecule has 0 aliphatic rings. The van der Waals surface area contributed by atoms with Gasteiger partial charge in [0.2, 0.25) is 10.0 Å². The van der Waals surface area contributed by atoms with Crippen LogP contribution in [-0.4, -0.2) is 36.1 Å². The number of hydrogen-bond acceptors (Lipinski definition) is 6. The maximum absolute atomic E-state index is 12.3. The van der Waals surface area contributed by atoms with E-state index in [0.717, 1.165) is 17.5 Å². The number of sulfonamides is 1. The second-order valence-corrected chi connectivity index (χ2v) is 6.23. The number of nitrogens with one attached hydrogen (secondary N) is 3. The molecule has 1 heterocycles. The summed E-state index contributed by atoms with van der Waals surface area (Å²) < 4.78 is 27.0. The van der Waals surface area contributed by atoms with Crippen molar-refractivity contribution in [3.63, 3.8) is 0 Å². The molecule has 0 saturated heterocycles. The van der Waals surface area contributed by atoms with E-state index in [9.17, 15) is 8.42 Å². The molecule has 0 radical (unpaired) electrons. The molecule has 1 aromatic carbocycles. The molecule has 0 spiro atoms. The number of aromatic amines is 1. The van der Waals surface area contributed by atoms with Crippen LogP contribution < -0.4 is 10.0 Å². The summed E-state index contributed by atoms with van der Waals surface area (Å²) in [4.78, 5) is 0.230. The topological polar surface area (TPSA) is 113 Å². The standard InChI is InChI=1S/C12H18N6O2S/c1-3-9-4-5-11(6-10(9)7-13-2)21(19,20)14-8-12-15-17-18-16-12/h4-6,13-14H,3,7-8H2,1-2H3,(H,15,16,17,18). The van der Waals surface area contributed by atoms with Gasteiger partial charge in [0.05, 0.1) is 11.4 Å². The second-order valence-electron chi connectivity index (χ2n) is 4.47. The lowest BCUT2D eigenvalue weighted by molar-refractivity contribution is 0.579. The normalized spacial score (nSPS) is 11.7. The number of benzene rings is 1. The highest BCUT2D eigenvalue weighted by Gasteiger charge is 2.16. The largest absolute Gasteiger partial charge is 0.316 e. The average molecular weight is 310 g/mol. The molecule has 1 aromatic heterocycles. The van der Waals surface area contributed by atoms with E-state index in [1.165, 1.54) is 0 Å². The van der Waals surface area contributed by atoms with Gasteiger partial charge in [0.15, 0.2) is 5.82 Å². The fourth-order valence-electron chi connectivity index (χ4n) is 1.97. The van der Waals surface area contributed by atoms with Crippen LogP contribution in [0.25, 0.3) is 0 Å². The van der Waals surface area contributed by atoms with Gasteiger partial charge in [-0.2, -0.15) is 5.21 Å². The molecule has 0 amide bonds. The first-order valence-electron chi connectivity index (χ1n) is 6.55. The third-order valence-corrected chi connectivity index (χ3v) is 4.44. The predicted molar refractivity (Wildman–Crippen MR) is 76.8 cm³/mol. The minimum absolute atomic E-state index is 0.00424. The van der Waals surface area contributed by atoms with Crippen molar-refractivity contribution in [2.24, 2.45) is 0 Å². The molecule has 2 rings (SSSR count). The van der Waals surface area contributed by atoms with Crippen molar-refractivity contribution in [3.05, 3.63) is 35.2 Å². The molecule has 0 unspecified atom stereocenters. The summed E-state index contributed by atoms with van der Waals surface area (Å²) in [6, 6.07) is 5.14. The van der Waals surface area contributed by atoms with Gasteiger partial charge in [-0.15, -0.1) is 10.2 Å². The Balaban J connectivity index is 2.20. The molecule has 3 N–H and O–H groups in total. The number of aromatic nitrogens is 4. The number of H-pyrrole nitrogens is 1. The number of tetrazole rings is 1. The highest BCUT2D eigenvalue weighted by atomic mass is 32.2. The van der Waals surface area contributed by atoms with Gasteiger partial charge in [0, 0.05) is 6.54 Å². The Morgan fingerprint density at radius 3 is 2.67 bits per heavy atom. The van der Waals surface area contributed by atoms with E-state index in [1.807, 2.05) is 20.0 Å². The first-order chi connectivity index (χ1) is 10.1. The Hall–Kier alpha value is -1.84. The van der Waals surface area contributed by atoms with Crippen molar-refractivity contribution >= 4 is 10.0 Å². The van der Waals surface area contributed by atoms with Crippen molar-refractivity contribution < 1.29 is 8.42 Å². The molecule has 114 valence electrons. The van der Waals surface area contributed by atoms with Gasteiger partial charge in [-0.1, -0.05) is 18.2 Å². The number of rotatable bonds is 7. The van der Waals surface area contributed by atoms with E-state index in [0.29, 0.717) is 12.4 Å². The van der Waals surface area contributed by atoms with E-state index >= 15 is 0 Å². The van der Waals surface area contributed by atoms with Gasteiger partial charge in [0.25, 0.3) is 0 Å². The fraction of sp³-hybridized carbons (Fsp3) is 0.417. The lowest BCUT2D eigenvalue weighted by Crippen LogP contribution is -2.24. The van der Waals surface area contributed by atoms with Gasteiger partial charge in [-0.05, 0) is 36.7 Å². The summed E-state index contributed by atoms with van der Waals surface area (Å²) >= 11 is 0. The van der Waals surface area contributed by atoms with Gasteiger partial charge < -0.3 is 5.32 Å². The van der Waals surface area contributed by atoms with Crippen LogP contribution >= 0.6 is 0 Å². The Morgan fingerprint density at radius 2 is 2.05 bits per heavy atom. The maximum atomic E-state index is 12.3. The Labute approximate surface area is 123 Å². The summed E-state index contributed by atoms with van der Waals surface area (Å²) in [6.45, 7) is 2.66. The fourth-order valence-corrected chi connectivity index (χ4v) is 3.00. The third kappa shape index (κ3) is 3.84. The second kappa shape index (κ2) is 6.74. The Morgan fingerprint density at radius 1 is 1.24 bits per heavy atom. The molecule has 21 heavy (non-hydrogen) atoms. The molecule has 0 bridgehead atoms. The van der Waals surface area contributed by atoms with Gasteiger partial charge in [-0.25, -0.2) is 13.1 Å². The SMILES string of the molecule is CCc1ccc(S(=O)(=O)NCc2nn[nH]n2)cc1CNC. The zero-order valence-corrected chi connectivity index (χ0v) is 12.7. The summed E-state index contributed by atoms with van der Waals surface area (Å²) in [5.41, 5.74) is 2.10. The average Bonchev–Trinajstić information content (AvgIpc) is 2.99. The highest BCUT2D eigenvalue weighted by molar-refractivity contribution is 7.89. The predicted octanol–water partition coefficient (Wildman–Crippen LogP) is -0.0400. The molecular formula is C12H18N6O2S. The van der Waals surface area contributed by atoms with Crippen molar-refractivity contribution in [2.45, 2.75) is 31.3 Å². The van der Waals surface area contributed by atoms with Crippen LogP contribution in [-0.2, 0) is 29.5 Å². The van der Waals surface area contributed by atoms with Crippen LogP contribution in [0.4, 0.5) is 0 Å². The molecule has 0 aliphatic heterocycles. The number of nitrogens with zero attached hydrogens (tertiary/aromatic N) is 3.